The molecule has 0 atom stereocenters. The molecule has 4 aromatic rings. The van der Waals surface area contributed by atoms with Crippen LogP contribution < -0.4 is 10.6 Å². The van der Waals surface area contributed by atoms with Crippen LogP contribution in [0.1, 0.15) is 27.4 Å². The van der Waals surface area contributed by atoms with Crippen LogP contribution in [0, 0.1) is 20.8 Å². The first kappa shape index (κ1) is 21.0. The summed E-state index contributed by atoms with van der Waals surface area (Å²) in [4.78, 5) is 19.1. The fourth-order valence-electron chi connectivity index (χ4n) is 3.49. The highest BCUT2D eigenvalue weighted by Gasteiger charge is 2.20. The molecule has 2 N–H and O–H groups in total. The van der Waals surface area contributed by atoms with E-state index in [-0.39, 0.29) is 5.91 Å². The molecule has 0 saturated carbocycles. The average Bonchev–Trinajstić information content (AvgIpc) is 3.40. The van der Waals surface area contributed by atoms with Gasteiger partial charge in [-0.25, -0.2) is 4.52 Å². The van der Waals surface area contributed by atoms with E-state index in [1.807, 2.05) is 44.8 Å². The van der Waals surface area contributed by atoms with E-state index in [1.165, 1.54) is 11.3 Å². The Morgan fingerprint density at radius 2 is 2.03 bits per heavy atom. The number of nitrogens with zero attached hydrogens (tertiary/aromatic N) is 5. The normalized spacial score (nSPS) is 11.3. The van der Waals surface area contributed by atoms with E-state index >= 15 is 0 Å². The van der Waals surface area contributed by atoms with Crippen LogP contribution in [0.4, 0.5) is 11.4 Å². The third-order valence-corrected chi connectivity index (χ3v) is 6.33. The van der Waals surface area contributed by atoms with Crippen molar-refractivity contribution in [1.82, 2.24) is 24.4 Å². The van der Waals surface area contributed by atoms with Crippen LogP contribution in [-0.2, 0) is 11.3 Å². The van der Waals surface area contributed by atoms with E-state index in [0.717, 1.165) is 38.0 Å². The molecule has 0 aromatic carbocycles. The van der Waals surface area contributed by atoms with E-state index in [4.69, 9.17) is 4.74 Å². The summed E-state index contributed by atoms with van der Waals surface area (Å²) in [6.07, 6.45) is 5.27. The van der Waals surface area contributed by atoms with Gasteiger partial charge in [-0.2, -0.15) is 10.2 Å². The van der Waals surface area contributed by atoms with Crippen molar-refractivity contribution in [3.05, 3.63) is 47.3 Å². The van der Waals surface area contributed by atoms with Crippen LogP contribution in [0.15, 0.2) is 24.7 Å². The van der Waals surface area contributed by atoms with Crippen molar-refractivity contribution in [2.24, 2.45) is 0 Å². The Labute approximate surface area is 184 Å². The van der Waals surface area contributed by atoms with Crippen molar-refractivity contribution in [1.29, 1.82) is 0 Å². The molecule has 162 valence electrons. The first-order chi connectivity index (χ1) is 14.9. The van der Waals surface area contributed by atoms with Gasteiger partial charge < -0.3 is 15.4 Å². The Kier molecular flexibility index (Phi) is 5.75. The second-order valence-corrected chi connectivity index (χ2v) is 8.26. The van der Waals surface area contributed by atoms with Gasteiger partial charge in [-0.1, -0.05) is 0 Å². The molecule has 4 heterocycles. The molecule has 31 heavy (non-hydrogen) atoms. The van der Waals surface area contributed by atoms with Crippen LogP contribution in [0.5, 0.6) is 0 Å². The average molecular weight is 440 g/mol. The van der Waals surface area contributed by atoms with Crippen molar-refractivity contribution < 1.29 is 9.53 Å². The highest BCUT2D eigenvalue weighted by atomic mass is 32.1. The molecule has 0 bridgehead atoms. The predicted molar refractivity (Wildman–Crippen MR) is 122 cm³/mol. The fourth-order valence-corrected chi connectivity index (χ4v) is 4.70. The molecule has 0 radical (unpaired) electrons. The Morgan fingerprint density at radius 3 is 2.77 bits per heavy atom. The van der Waals surface area contributed by atoms with E-state index in [2.05, 4.69) is 25.8 Å². The van der Waals surface area contributed by atoms with Crippen LogP contribution in [0.25, 0.3) is 15.3 Å². The zero-order valence-corrected chi connectivity index (χ0v) is 19.0. The number of aryl methyl sites for hydroxylation is 2. The molecule has 0 spiro atoms. The number of amides is 1. The van der Waals surface area contributed by atoms with Gasteiger partial charge >= 0.3 is 0 Å². The Morgan fingerprint density at radius 1 is 1.23 bits per heavy atom. The van der Waals surface area contributed by atoms with Gasteiger partial charge in [0, 0.05) is 31.6 Å². The number of aromatic nitrogens is 5. The van der Waals surface area contributed by atoms with Gasteiger partial charge in [-0.3, -0.25) is 14.5 Å². The summed E-state index contributed by atoms with van der Waals surface area (Å²) in [6, 6.07) is 1.86. The van der Waals surface area contributed by atoms with E-state index in [9.17, 15) is 4.79 Å². The molecular formula is C21H25N7O2S. The van der Waals surface area contributed by atoms with E-state index in [0.29, 0.717) is 24.4 Å². The molecule has 0 aliphatic rings. The minimum absolute atomic E-state index is 0.217. The fraction of sp³-hybridized carbons (Fsp3) is 0.333. The summed E-state index contributed by atoms with van der Waals surface area (Å²) in [5.41, 5.74) is 5.84. The predicted octanol–water partition coefficient (Wildman–Crippen LogP) is 3.52. The van der Waals surface area contributed by atoms with Gasteiger partial charge in [0.25, 0.3) is 5.91 Å². The lowest BCUT2D eigenvalue weighted by Gasteiger charge is -2.09. The number of pyridine rings is 1. The minimum Gasteiger partial charge on any atom is -0.387 e. The highest BCUT2D eigenvalue weighted by molar-refractivity contribution is 7.21. The van der Waals surface area contributed by atoms with Crippen molar-refractivity contribution >= 4 is 33.4 Å². The van der Waals surface area contributed by atoms with Crippen LogP contribution in [0.3, 0.4) is 0 Å². The first-order valence-corrected chi connectivity index (χ1v) is 10.7. The Hall–Kier alpha value is -3.24. The van der Waals surface area contributed by atoms with Crippen molar-refractivity contribution in [2.75, 3.05) is 31.4 Å². The van der Waals surface area contributed by atoms with Gasteiger partial charge in [-0.05, 0) is 26.8 Å². The number of carbonyl (C=O) groups excluding carboxylic acids is 1. The third-order valence-electron chi connectivity index (χ3n) is 5.20. The number of rotatable bonds is 7. The van der Waals surface area contributed by atoms with E-state index < -0.39 is 0 Å². The molecule has 10 heteroatoms. The van der Waals surface area contributed by atoms with Gasteiger partial charge in [0.15, 0.2) is 0 Å². The van der Waals surface area contributed by atoms with Crippen LogP contribution >= 0.6 is 11.3 Å². The molecule has 0 unspecified atom stereocenters. The molecule has 0 fully saturated rings. The summed E-state index contributed by atoms with van der Waals surface area (Å²) < 4.78 is 8.88. The lowest BCUT2D eigenvalue weighted by Crippen LogP contribution is -2.13. The van der Waals surface area contributed by atoms with Crippen molar-refractivity contribution in [3.8, 4) is 10.4 Å². The molecule has 4 rings (SSSR count). The second-order valence-electron chi connectivity index (χ2n) is 7.23. The van der Waals surface area contributed by atoms with Crippen molar-refractivity contribution in [2.45, 2.75) is 27.3 Å². The maximum atomic E-state index is 13.0. The van der Waals surface area contributed by atoms with Gasteiger partial charge in [0.1, 0.15) is 4.83 Å². The van der Waals surface area contributed by atoms with Gasteiger partial charge in [0.05, 0.1) is 58.7 Å². The molecule has 0 aliphatic carbocycles. The summed E-state index contributed by atoms with van der Waals surface area (Å²) in [5.74, 6) is -0.217. The monoisotopic (exact) mass is 439 g/mol. The molecule has 4 aromatic heterocycles. The number of methoxy groups -OCH3 is 1. The molecule has 1 amide bonds. The number of carbonyl (C=O) groups is 1. The maximum absolute atomic E-state index is 13.0. The zero-order valence-electron chi connectivity index (χ0n) is 18.2. The highest BCUT2D eigenvalue weighted by Crippen LogP contribution is 2.34. The molecule has 9 nitrogen and oxygen atoms in total. The number of hydrogen-bond acceptors (Lipinski definition) is 7. The van der Waals surface area contributed by atoms with Crippen LogP contribution in [-0.4, -0.2) is 51.1 Å². The Bertz CT molecular complexity index is 1250. The summed E-state index contributed by atoms with van der Waals surface area (Å²) in [5, 5.41) is 15.0. The Balaban J connectivity index is 1.66. The lowest BCUT2D eigenvalue weighted by atomic mass is 10.2. The first-order valence-electron chi connectivity index (χ1n) is 9.89. The second kappa shape index (κ2) is 8.48. The number of nitrogens with one attached hydrogen (secondary N) is 2. The van der Waals surface area contributed by atoms with Crippen molar-refractivity contribution in [3.63, 3.8) is 0 Å². The summed E-state index contributed by atoms with van der Waals surface area (Å²) in [7, 11) is 3.49. The largest absolute Gasteiger partial charge is 0.387 e. The van der Waals surface area contributed by atoms with Gasteiger partial charge in [-0.15, -0.1) is 11.3 Å². The number of fused-ring (bicyclic) bond motifs is 1. The van der Waals surface area contributed by atoms with E-state index in [1.54, 1.807) is 24.0 Å². The maximum Gasteiger partial charge on any atom is 0.260 e. The third kappa shape index (κ3) is 3.91. The number of thiazole rings is 1. The standard InChI is InChI=1S/C21H25N7O2S/c1-12-17(8-15(22-4)9-23-12)25-20(29)16-10-24-28-11-18(31-21(16)28)19-13(2)26-27(14(19)3)6-7-30-5/h8-11,22H,6-7H2,1-5H3,(H,25,29). The zero-order chi connectivity index (χ0) is 22.1. The summed E-state index contributed by atoms with van der Waals surface area (Å²) in [6.45, 7) is 7.19. The molecule has 0 aliphatic heterocycles. The van der Waals surface area contributed by atoms with Gasteiger partial charge in [0.2, 0.25) is 0 Å². The van der Waals surface area contributed by atoms with Crippen LogP contribution in [0.2, 0.25) is 0 Å². The summed E-state index contributed by atoms with van der Waals surface area (Å²) >= 11 is 1.53. The number of anilines is 2. The minimum atomic E-state index is -0.217. The SMILES string of the molecule is CNc1cnc(C)c(NC(=O)c2cnn3cc(-c4c(C)nn(CCOC)c4C)sc23)c1. The smallest absolute Gasteiger partial charge is 0.260 e. The number of ether oxygens (including phenoxy) is 1. The molecule has 0 saturated heterocycles. The molecular weight excluding hydrogens is 414 g/mol. The quantitative estimate of drug-likeness (QED) is 0.457. The number of hydrogen-bond donors (Lipinski definition) is 2. The topological polar surface area (TPSA) is 98.4 Å². The lowest BCUT2D eigenvalue weighted by molar-refractivity contribution is 0.102.